The van der Waals surface area contributed by atoms with Crippen LogP contribution in [0.4, 0.5) is 10.1 Å². The van der Waals surface area contributed by atoms with Crippen LogP contribution in [0.25, 0.3) is 11.1 Å². The molecule has 140 valence electrons. The number of aromatic nitrogens is 2. The molecule has 3 heterocycles. The molecule has 3 aromatic rings. The summed E-state index contributed by atoms with van der Waals surface area (Å²) in [5.74, 6) is -0.000270. The Morgan fingerprint density at radius 1 is 1.11 bits per heavy atom. The predicted molar refractivity (Wildman–Crippen MR) is 108 cm³/mol. The molecular weight excluding hydrogens is 351 g/mol. The lowest BCUT2D eigenvalue weighted by molar-refractivity contribution is 0.503. The summed E-state index contributed by atoms with van der Waals surface area (Å²) in [6.07, 6.45) is 7.35. The van der Waals surface area contributed by atoms with E-state index in [4.69, 9.17) is 0 Å². The lowest BCUT2D eigenvalue weighted by atomic mass is 9.87. The molecule has 0 amide bonds. The Labute approximate surface area is 164 Å². The van der Waals surface area contributed by atoms with Gasteiger partial charge in [-0.25, -0.2) is 4.98 Å². The molecule has 0 spiro atoms. The maximum atomic E-state index is 13.3. The van der Waals surface area contributed by atoms with Gasteiger partial charge in [0.25, 0.3) is 0 Å². The van der Waals surface area contributed by atoms with Crippen LogP contribution in [0.3, 0.4) is 0 Å². The van der Waals surface area contributed by atoms with Gasteiger partial charge in [-0.05, 0) is 61.1 Å². The van der Waals surface area contributed by atoms with Crippen molar-refractivity contribution in [3.8, 4) is 17.2 Å². The second kappa shape index (κ2) is 7.77. The molecule has 0 atom stereocenters. The largest absolute Gasteiger partial charge is 0.370 e. The van der Waals surface area contributed by atoms with Crippen LogP contribution in [-0.2, 0) is 0 Å². The van der Waals surface area contributed by atoms with Gasteiger partial charge >= 0.3 is 0 Å². The number of benzene rings is 1. The number of para-hydroxylation sites is 1. The van der Waals surface area contributed by atoms with E-state index in [-0.39, 0.29) is 0 Å². The number of anilines is 1. The molecule has 1 fully saturated rings. The fourth-order valence-electron chi connectivity index (χ4n) is 4.10. The molecule has 5 heteroatoms. The summed E-state index contributed by atoms with van der Waals surface area (Å²) in [5.41, 5.74) is 5.90. The SMILES string of the molecule is Cc1cnccc1C1CCN(c2c(C#N)cccc2-c2ccc(F)nc2)CC1. The van der Waals surface area contributed by atoms with Crippen LogP contribution in [0.15, 0.2) is 55.0 Å². The molecule has 1 saturated heterocycles. The van der Waals surface area contributed by atoms with Crippen LogP contribution >= 0.6 is 0 Å². The van der Waals surface area contributed by atoms with Crippen LogP contribution in [0.1, 0.15) is 35.4 Å². The van der Waals surface area contributed by atoms with E-state index in [0.29, 0.717) is 11.5 Å². The summed E-state index contributed by atoms with van der Waals surface area (Å²) >= 11 is 0. The van der Waals surface area contributed by atoms with Crippen molar-refractivity contribution >= 4 is 5.69 Å². The molecule has 1 aliphatic heterocycles. The fourth-order valence-corrected chi connectivity index (χ4v) is 4.10. The first-order valence-electron chi connectivity index (χ1n) is 9.48. The van der Waals surface area contributed by atoms with Crippen molar-refractivity contribution in [2.24, 2.45) is 0 Å². The minimum absolute atomic E-state index is 0.504. The van der Waals surface area contributed by atoms with Crippen molar-refractivity contribution < 1.29 is 4.39 Å². The van der Waals surface area contributed by atoms with Gasteiger partial charge in [-0.2, -0.15) is 9.65 Å². The van der Waals surface area contributed by atoms with Gasteiger partial charge in [-0.3, -0.25) is 4.98 Å². The van der Waals surface area contributed by atoms with E-state index < -0.39 is 5.95 Å². The maximum absolute atomic E-state index is 13.3. The fraction of sp³-hybridized carbons (Fsp3) is 0.261. The zero-order valence-corrected chi connectivity index (χ0v) is 15.8. The van der Waals surface area contributed by atoms with E-state index in [2.05, 4.69) is 33.9 Å². The minimum atomic E-state index is -0.504. The highest BCUT2D eigenvalue weighted by molar-refractivity contribution is 5.82. The van der Waals surface area contributed by atoms with Gasteiger partial charge in [0.1, 0.15) is 6.07 Å². The first-order valence-corrected chi connectivity index (χ1v) is 9.48. The Morgan fingerprint density at radius 2 is 1.93 bits per heavy atom. The number of nitriles is 1. The maximum Gasteiger partial charge on any atom is 0.212 e. The summed E-state index contributed by atoms with van der Waals surface area (Å²) in [7, 11) is 0. The van der Waals surface area contributed by atoms with Gasteiger partial charge < -0.3 is 4.90 Å². The average molecular weight is 372 g/mol. The first-order chi connectivity index (χ1) is 13.7. The Kier molecular flexibility index (Phi) is 5.03. The van der Waals surface area contributed by atoms with Crippen LogP contribution in [0.2, 0.25) is 0 Å². The van der Waals surface area contributed by atoms with Gasteiger partial charge in [0.05, 0.1) is 11.3 Å². The van der Waals surface area contributed by atoms with Crippen LogP contribution in [-0.4, -0.2) is 23.1 Å². The van der Waals surface area contributed by atoms with E-state index in [0.717, 1.165) is 42.7 Å². The van der Waals surface area contributed by atoms with Crippen molar-refractivity contribution in [2.75, 3.05) is 18.0 Å². The first kappa shape index (κ1) is 18.1. The van der Waals surface area contributed by atoms with Gasteiger partial charge in [0, 0.05) is 42.8 Å². The molecular formula is C23H21FN4. The molecule has 0 saturated carbocycles. The Bertz CT molecular complexity index is 1020. The Balaban J connectivity index is 1.64. The Morgan fingerprint density at radius 3 is 2.61 bits per heavy atom. The van der Waals surface area contributed by atoms with E-state index in [1.54, 1.807) is 6.07 Å². The molecule has 0 radical (unpaired) electrons. The molecule has 4 nitrogen and oxygen atoms in total. The number of rotatable bonds is 3. The number of halogens is 1. The molecule has 0 unspecified atom stereocenters. The number of piperidine rings is 1. The van der Waals surface area contributed by atoms with Gasteiger partial charge in [-0.1, -0.05) is 12.1 Å². The molecule has 0 bridgehead atoms. The molecule has 1 aliphatic rings. The lowest BCUT2D eigenvalue weighted by Crippen LogP contribution is -2.34. The summed E-state index contributed by atoms with van der Waals surface area (Å²) < 4.78 is 13.3. The summed E-state index contributed by atoms with van der Waals surface area (Å²) in [6.45, 7) is 3.85. The average Bonchev–Trinajstić information content (AvgIpc) is 2.74. The zero-order valence-electron chi connectivity index (χ0n) is 15.8. The molecule has 4 rings (SSSR count). The number of hydrogen-bond acceptors (Lipinski definition) is 4. The van der Waals surface area contributed by atoms with Crippen molar-refractivity contribution in [1.29, 1.82) is 5.26 Å². The summed E-state index contributed by atoms with van der Waals surface area (Å²) in [5, 5.41) is 9.67. The quantitative estimate of drug-likeness (QED) is 0.617. The second-order valence-electron chi connectivity index (χ2n) is 7.18. The highest BCUT2D eigenvalue weighted by Gasteiger charge is 2.25. The number of aryl methyl sites for hydroxylation is 1. The smallest absolute Gasteiger partial charge is 0.212 e. The van der Waals surface area contributed by atoms with E-state index >= 15 is 0 Å². The van der Waals surface area contributed by atoms with Gasteiger partial charge in [0.15, 0.2) is 0 Å². The third-order valence-electron chi connectivity index (χ3n) is 5.51. The van der Waals surface area contributed by atoms with Crippen molar-refractivity contribution in [3.05, 3.63) is 77.6 Å². The van der Waals surface area contributed by atoms with Gasteiger partial charge in [-0.15, -0.1) is 0 Å². The highest BCUT2D eigenvalue weighted by atomic mass is 19.1. The second-order valence-corrected chi connectivity index (χ2v) is 7.18. The zero-order chi connectivity index (χ0) is 19.5. The Hall–Kier alpha value is -3.26. The van der Waals surface area contributed by atoms with E-state index in [1.165, 1.54) is 23.4 Å². The monoisotopic (exact) mass is 372 g/mol. The number of hydrogen-bond donors (Lipinski definition) is 0. The van der Waals surface area contributed by atoms with E-state index in [9.17, 15) is 9.65 Å². The lowest BCUT2D eigenvalue weighted by Gasteiger charge is -2.36. The normalized spacial score (nSPS) is 14.7. The summed E-state index contributed by atoms with van der Waals surface area (Å²) in [6, 6.07) is 13.2. The third-order valence-corrected chi connectivity index (χ3v) is 5.51. The van der Waals surface area contributed by atoms with Crippen LogP contribution in [0, 0.1) is 24.2 Å². The van der Waals surface area contributed by atoms with Crippen LogP contribution in [0.5, 0.6) is 0 Å². The number of nitrogens with zero attached hydrogens (tertiary/aromatic N) is 4. The molecule has 0 N–H and O–H groups in total. The standard InChI is InChI=1S/C23H21FN4/c1-16-14-26-10-7-20(16)17-8-11-28(12-9-17)23-18(13-25)3-2-4-21(23)19-5-6-22(24)27-15-19/h2-7,10,14-15,17H,8-9,11-12H2,1H3. The van der Waals surface area contributed by atoms with E-state index in [1.807, 2.05) is 30.6 Å². The number of pyridine rings is 2. The molecule has 28 heavy (non-hydrogen) atoms. The highest BCUT2D eigenvalue weighted by Crippen LogP contribution is 2.38. The van der Waals surface area contributed by atoms with Gasteiger partial charge in [0.2, 0.25) is 5.95 Å². The molecule has 2 aromatic heterocycles. The molecule has 1 aromatic carbocycles. The van der Waals surface area contributed by atoms with Crippen molar-refractivity contribution in [3.63, 3.8) is 0 Å². The third kappa shape index (κ3) is 3.46. The van der Waals surface area contributed by atoms with Crippen molar-refractivity contribution in [2.45, 2.75) is 25.7 Å². The molecule has 0 aliphatic carbocycles. The predicted octanol–water partition coefficient (Wildman–Crippen LogP) is 4.85. The topological polar surface area (TPSA) is 52.8 Å². The van der Waals surface area contributed by atoms with Crippen LogP contribution < -0.4 is 4.90 Å². The van der Waals surface area contributed by atoms with Crippen molar-refractivity contribution in [1.82, 2.24) is 9.97 Å². The minimum Gasteiger partial charge on any atom is -0.370 e. The summed E-state index contributed by atoms with van der Waals surface area (Å²) in [4.78, 5) is 10.3.